The van der Waals surface area contributed by atoms with Crippen LogP contribution in [0.15, 0.2) is 29.7 Å². The summed E-state index contributed by atoms with van der Waals surface area (Å²) >= 11 is 0. The summed E-state index contributed by atoms with van der Waals surface area (Å²) < 4.78 is 51.9. The molecule has 1 rings (SSSR count). The summed E-state index contributed by atoms with van der Waals surface area (Å²) in [6, 6.07) is 1.04. The molecule has 1 aromatic rings. The summed E-state index contributed by atoms with van der Waals surface area (Å²) in [6.07, 6.45) is 1.34. The molecule has 17 heavy (non-hydrogen) atoms. The van der Waals surface area contributed by atoms with Crippen molar-refractivity contribution in [2.24, 2.45) is 0 Å². The number of nitrogens with two attached hydrogens (primary N) is 1. The average molecular weight is 262 g/mol. The Bertz CT molecular complexity index is 543. The van der Waals surface area contributed by atoms with E-state index in [9.17, 15) is 17.2 Å². The lowest BCUT2D eigenvalue weighted by molar-refractivity contribution is 0.545. The summed E-state index contributed by atoms with van der Waals surface area (Å²) in [5, 5.41) is 0. The summed E-state index contributed by atoms with van der Waals surface area (Å²) in [6.45, 7) is 4.91. The molecule has 7 heteroatoms. The van der Waals surface area contributed by atoms with Crippen LogP contribution >= 0.6 is 0 Å². The highest BCUT2D eigenvalue weighted by atomic mass is 32.2. The second-order valence-electron chi connectivity index (χ2n) is 3.42. The number of halogens is 2. The van der Waals surface area contributed by atoms with Crippen LogP contribution in [-0.4, -0.2) is 14.5 Å². The summed E-state index contributed by atoms with van der Waals surface area (Å²) in [5.74, 6) is -2.30. The van der Waals surface area contributed by atoms with Crippen LogP contribution in [0.4, 0.5) is 14.5 Å². The first-order chi connectivity index (χ1) is 7.79. The van der Waals surface area contributed by atoms with Crippen LogP contribution in [0.25, 0.3) is 0 Å². The van der Waals surface area contributed by atoms with Gasteiger partial charge in [0.1, 0.15) is 16.4 Å². The van der Waals surface area contributed by atoms with Crippen molar-refractivity contribution in [2.45, 2.75) is 17.9 Å². The average Bonchev–Trinajstić information content (AvgIpc) is 2.24. The second-order valence-corrected chi connectivity index (χ2v) is 5.10. The molecule has 0 amide bonds. The molecule has 0 bridgehead atoms. The van der Waals surface area contributed by atoms with E-state index in [4.69, 9.17) is 5.73 Å². The Hall–Kier alpha value is -1.47. The highest BCUT2D eigenvalue weighted by Gasteiger charge is 2.23. The van der Waals surface area contributed by atoms with Gasteiger partial charge in [0.05, 0.1) is 0 Å². The standard InChI is InChI=1S/C10H12F2N2O2S/c1-3-6(2)14-17(15,16)8-5-4-7(11)10(13)9(8)12/h3-6,14H,1,13H2,2H3. The molecule has 0 saturated heterocycles. The van der Waals surface area contributed by atoms with E-state index in [1.807, 2.05) is 0 Å². The third kappa shape index (κ3) is 2.80. The first kappa shape index (κ1) is 13.6. The van der Waals surface area contributed by atoms with Crippen molar-refractivity contribution in [2.75, 3.05) is 5.73 Å². The first-order valence-corrected chi connectivity index (χ1v) is 6.16. The van der Waals surface area contributed by atoms with Gasteiger partial charge in [-0.3, -0.25) is 0 Å². The van der Waals surface area contributed by atoms with Crippen molar-refractivity contribution >= 4 is 15.7 Å². The van der Waals surface area contributed by atoms with Gasteiger partial charge in [0.25, 0.3) is 0 Å². The fourth-order valence-electron chi connectivity index (χ4n) is 1.11. The largest absolute Gasteiger partial charge is 0.394 e. The molecule has 3 N–H and O–H groups in total. The van der Waals surface area contributed by atoms with Gasteiger partial charge in [-0.1, -0.05) is 6.08 Å². The minimum Gasteiger partial charge on any atom is -0.394 e. The molecule has 1 unspecified atom stereocenters. The molecule has 0 fully saturated rings. The van der Waals surface area contributed by atoms with Crippen molar-refractivity contribution in [3.05, 3.63) is 36.4 Å². The van der Waals surface area contributed by atoms with Gasteiger partial charge in [0.2, 0.25) is 10.0 Å². The number of nitrogen functional groups attached to an aromatic ring is 1. The van der Waals surface area contributed by atoms with Crippen molar-refractivity contribution in [3.63, 3.8) is 0 Å². The van der Waals surface area contributed by atoms with Gasteiger partial charge in [-0.25, -0.2) is 21.9 Å². The van der Waals surface area contributed by atoms with Gasteiger partial charge in [0, 0.05) is 6.04 Å². The number of benzene rings is 1. The van der Waals surface area contributed by atoms with E-state index in [1.165, 1.54) is 13.0 Å². The van der Waals surface area contributed by atoms with E-state index in [0.29, 0.717) is 0 Å². The van der Waals surface area contributed by atoms with E-state index in [2.05, 4.69) is 11.3 Å². The first-order valence-electron chi connectivity index (χ1n) is 4.68. The molecule has 1 atom stereocenters. The Balaban J connectivity index is 3.25. The molecule has 0 heterocycles. The fourth-order valence-corrected chi connectivity index (χ4v) is 2.42. The van der Waals surface area contributed by atoms with Gasteiger partial charge >= 0.3 is 0 Å². The van der Waals surface area contributed by atoms with E-state index in [1.54, 1.807) is 0 Å². The maximum atomic E-state index is 13.5. The highest BCUT2D eigenvalue weighted by Crippen LogP contribution is 2.22. The minimum atomic E-state index is -4.08. The molecule has 0 aromatic heterocycles. The molecule has 1 aromatic carbocycles. The zero-order chi connectivity index (χ0) is 13.2. The zero-order valence-electron chi connectivity index (χ0n) is 9.07. The van der Waals surface area contributed by atoms with Crippen LogP contribution in [-0.2, 0) is 10.0 Å². The number of hydrogen-bond donors (Lipinski definition) is 2. The maximum absolute atomic E-state index is 13.5. The topological polar surface area (TPSA) is 72.2 Å². The molecule has 0 spiro atoms. The second kappa shape index (κ2) is 4.80. The van der Waals surface area contributed by atoms with E-state index in [0.717, 1.165) is 12.1 Å². The SMILES string of the molecule is C=CC(C)NS(=O)(=O)c1ccc(F)c(N)c1F. The molecule has 0 aliphatic carbocycles. The third-order valence-electron chi connectivity index (χ3n) is 2.08. The van der Waals surface area contributed by atoms with Crippen LogP contribution in [0.5, 0.6) is 0 Å². The molecular weight excluding hydrogens is 250 g/mol. The van der Waals surface area contributed by atoms with E-state index < -0.39 is 38.3 Å². The van der Waals surface area contributed by atoms with Gasteiger partial charge in [-0.2, -0.15) is 0 Å². The Labute approximate surface area is 98.2 Å². The summed E-state index contributed by atoms with van der Waals surface area (Å²) in [5.41, 5.74) is 4.26. The lowest BCUT2D eigenvalue weighted by atomic mass is 10.3. The number of sulfonamides is 1. The van der Waals surface area contributed by atoms with Crippen LogP contribution in [0.1, 0.15) is 6.92 Å². The number of rotatable bonds is 4. The predicted molar refractivity (Wildman–Crippen MR) is 60.8 cm³/mol. The van der Waals surface area contributed by atoms with Crippen LogP contribution < -0.4 is 10.5 Å². The molecule has 0 radical (unpaired) electrons. The predicted octanol–water partition coefficient (Wildman–Crippen LogP) is 1.40. The zero-order valence-corrected chi connectivity index (χ0v) is 9.89. The molecule has 0 aliphatic heterocycles. The van der Waals surface area contributed by atoms with Crippen molar-refractivity contribution in [1.29, 1.82) is 0 Å². The van der Waals surface area contributed by atoms with E-state index >= 15 is 0 Å². The third-order valence-corrected chi connectivity index (χ3v) is 3.65. The van der Waals surface area contributed by atoms with Crippen molar-refractivity contribution in [1.82, 2.24) is 4.72 Å². The molecule has 0 saturated carbocycles. The van der Waals surface area contributed by atoms with Gasteiger partial charge in [0.15, 0.2) is 5.82 Å². The number of nitrogens with one attached hydrogen (secondary N) is 1. The lowest BCUT2D eigenvalue weighted by Gasteiger charge is -2.11. The minimum absolute atomic E-state index is 0.578. The maximum Gasteiger partial charge on any atom is 0.244 e. The molecule has 4 nitrogen and oxygen atoms in total. The van der Waals surface area contributed by atoms with Crippen LogP contribution in [0, 0.1) is 11.6 Å². The van der Waals surface area contributed by atoms with Gasteiger partial charge in [-0.05, 0) is 19.1 Å². The van der Waals surface area contributed by atoms with Crippen LogP contribution in [0.3, 0.4) is 0 Å². The Kier molecular flexibility index (Phi) is 3.84. The van der Waals surface area contributed by atoms with Gasteiger partial charge < -0.3 is 5.73 Å². The van der Waals surface area contributed by atoms with Gasteiger partial charge in [-0.15, -0.1) is 6.58 Å². The highest BCUT2D eigenvalue weighted by molar-refractivity contribution is 7.89. The van der Waals surface area contributed by atoms with E-state index in [-0.39, 0.29) is 0 Å². The summed E-state index contributed by atoms with van der Waals surface area (Å²) in [7, 11) is -4.08. The fraction of sp³-hybridized carbons (Fsp3) is 0.200. The Morgan fingerprint density at radius 2 is 2.06 bits per heavy atom. The Morgan fingerprint density at radius 3 is 2.59 bits per heavy atom. The van der Waals surface area contributed by atoms with Crippen molar-refractivity contribution < 1.29 is 17.2 Å². The quantitative estimate of drug-likeness (QED) is 0.636. The molecular formula is C10H12F2N2O2S. The number of anilines is 1. The van der Waals surface area contributed by atoms with Crippen molar-refractivity contribution in [3.8, 4) is 0 Å². The lowest BCUT2D eigenvalue weighted by Crippen LogP contribution is -2.31. The molecule has 94 valence electrons. The smallest absolute Gasteiger partial charge is 0.244 e. The molecule has 0 aliphatic rings. The normalized spacial score (nSPS) is 13.4. The monoisotopic (exact) mass is 262 g/mol. The van der Waals surface area contributed by atoms with Crippen LogP contribution in [0.2, 0.25) is 0 Å². The summed E-state index contributed by atoms with van der Waals surface area (Å²) in [4.78, 5) is -0.690. The number of hydrogen-bond acceptors (Lipinski definition) is 3. The Morgan fingerprint density at radius 1 is 1.47 bits per heavy atom.